The Morgan fingerprint density at radius 1 is 1.12 bits per heavy atom. The first-order valence-electron chi connectivity index (χ1n) is 10.8. The lowest BCUT2D eigenvalue weighted by molar-refractivity contribution is 0.101. The van der Waals surface area contributed by atoms with Crippen molar-refractivity contribution in [3.63, 3.8) is 0 Å². The van der Waals surface area contributed by atoms with Crippen LogP contribution in [0.2, 0.25) is 0 Å². The number of aromatic nitrogens is 1. The van der Waals surface area contributed by atoms with Gasteiger partial charge >= 0.3 is 13.8 Å². The van der Waals surface area contributed by atoms with Crippen LogP contribution in [0.1, 0.15) is 6.42 Å². The van der Waals surface area contributed by atoms with Crippen LogP contribution in [0.15, 0.2) is 29.0 Å². The van der Waals surface area contributed by atoms with Crippen molar-refractivity contribution < 1.29 is 41.2 Å². The second-order valence-corrected chi connectivity index (χ2v) is 9.97. The van der Waals surface area contributed by atoms with Crippen LogP contribution in [0.5, 0.6) is 5.88 Å². The lowest BCUT2D eigenvalue weighted by Gasteiger charge is -2.39. The van der Waals surface area contributed by atoms with Crippen LogP contribution in [0.4, 0.5) is 25.0 Å². The van der Waals surface area contributed by atoms with Gasteiger partial charge in [-0.25, -0.2) is 22.8 Å². The molecule has 1 atom stereocenters. The Labute approximate surface area is 193 Å². The third kappa shape index (κ3) is 4.61. The van der Waals surface area contributed by atoms with Gasteiger partial charge in [0.2, 0.25) is 0 Å². The first kappa shape index (κ1) is 23.0. The standard InChI is InChI=1S/C20H23F2N4O7P/c21-16-10-14(26-12-15(33-20(26)27)13-29-18-2-9-30-23-18)11-17(22)19(16)24-3-5-25(6-4-24)34(28)31-7-1-8-32-34/h2,9-11,15H,1,3-8,12-13H2. The van der Waals surface area contributed by atoms with Gasteiger partial charge in [0, 0.05) is 44.4 Å². The van der Waals surface area contributed by atoms with Crippen LogP contribution >= 0.6 is 7.75 Å². The van der Waals surface area contributed by atoms with E-state index in [1.807, 2.05) is 0 Å². The summed E-state index contributed by atoms with van der Waals surface area (Å²) in [4.78, 5) is 15.0. The summed E-state index contributed by atoms with van der Waals surface area (Å²) >= 11 is 0. The fraction of sp³-hybridized carbons (Fsp3) is 0.500. The van der Waals surface area contributed by atoms with Gasteiger partial charge in [-0.1, -0.05) is 0 Å². The lowest BCUT2D eigenvalue weighted by Crippen LogP contribution is -2.46. The Bertz CT molecular complexity index is 1050. The maximum absolute atomic E-state index is 15.0. The fourth-order valence-corrected chi connectivity index (χ4v) is 5.86. The van der Waals surface area contributed by atoms with Crippen LogP contribution in [0.3, 0.4) is 0 Å². The quantitative estimate of drug-likeness (QED) is 0.550. The zero-order valence-electron chi connectivity index (χ0n) is 18.1. The Morgan fingerprint density at radius 2 is 1.82 bits per heavy atom. The van der Waals surface area contributed by atoms with E-state index in [0.717, 1.165) is 17.0 Å². The molecule has 0 bridgehead atoms. The Balaban J connectivity index is 1.23. The number of rotatable bonds is 6. The van der Waals surface area contributed by atoms with Gasteiger partial charge in [-0.05, 0) is 11.6 Å². The summed E-state index contributed by atoms with van der Waals surface area (Å²) in [7, 11) is -3.35. The van der Waals surface area contributed by atoms with Crippen LogP contribution in [-0.4, -0.2) is 74.6 Å². The Kier molecular flexibility index (Phi) is 6.43. The first-order chi connectivity index (χ1) is 16.4. The summed E-state index contributed by atoms with van der Waals surface area (Å²) < 4.78 is 70.3. The second kappa shape index (κ2) is 9.49. The van der Waals surface area contributed by atoms with Gasteiger partial charge < -0.3 is 18.9 Å². The molecule has 3 fully saturated rings. The number of halogens is 2. The molecule has 2 aromatic rings. The first-order valence-corrected chi connectivity index (χ1v) is 12.3. The van der Waals surface area contributed by atoms with Gasteiger partial charge in [0.25, 0.3) is 5.88 Å². The number of carbonyl (C=O) groups is 1. The van der Waals surface area contributed by atoms with E-state index < -0.39 is 31.6 Å². The van der Waals surface area contributed by atoms with Crippen molar-refractivity contribution in [2.24, 2.45) is 0 Å². The molecule has 5 rings (SSSR count). The molecular weight excluding hydrogens is 477 g/mol. The molecule has 3 aliphatic heterocycles. The third-order valence-electron chi connectivity index (χ3n) is 5.73. The normalized spacial score (nSPS) is 23.2. The summed E-state index contributed by atoms with van der Waals surface area (Å²) in [5.41, 5.74) is -0.162. The van der Waals surface area contributed by atoms with E-state index in [0.29, 0.717) is 19.6 Å². The molecule has 0 saturated carbocycles. The van der Waals surface area contributed by atoms with Crippen LogP contribution in [-0.2, 0) is 18.3 Å². The van der Waals surface area contributed by atoms with E-state index in [1.165, 1.54) is 17.2 Å². The molecule has 1 unspecified atom stereocenters. The summed E-state index contributed by atoms with van der Waals surface area (Å²) in [5, 5.41) is 3.60. The SMILES string of the molecule is O=C1OC(COc2ccon2)CN1c1cc(F)c(N2CCN(P3(=O)OCCCO3)CC2)c(F)c1. The largest absolute Gasteiger partial charge is 0.471 e. The molecule has 1 aromatic carbocycles. The predicted octanol–water partition coefficient (Wildman–Crippen LogP) is 3.02. The van der Waals surface area contributed by atoms with Crippen molar-refractivity contribution in [1.82, 2.24) is 9.83 Å². The molecule has 184 valence electrons. The molecule has 1 aromatic heterocycles. The van der Waals surface area contributed by atoms with Gasteiger partial charge in [-0.15, -0.1) is 0 Å². The van der Waals surface area contributed by atoms with E-state index in [4.69, 9.17) is 18.5 Å². The molecule has 0 aliphatic carbocycles. The van der Waals surface area contributed by atoms with E-state index in [-0.39, 0.29) is 56.6 Å². The van der Waals surface area contributed by atoms with Crippen molar-refractivity contribution in [3.05, 3.63) is 36.1 Å². The lowest BCUT2D eigenvalue weighted by atomic mass is 10.2. The van der Waals surface area contributed by atoms with Crippen LogP contribution in [0, 0.1) is 11.6 Å². The number of hydrogen-bond acceptors (Lipinski definition) is 9. The third-order valence-corrected chi connectivity index (χ3v) is 7.85. The monoisotopic (exact) mass is 500 g/mol. The smallest absolute Gasteiger partial charge is 0.414 e. The van der Waals surface area contributed by atoms with E-state index in [2.05, 4.69) is 9.68 Å². The highest BCUT2D eigenvalue weighted by Crippen LogP contribution is 2.54. The topological polar surface area (TPSA) is 107 Å². The molecule has 3 saturated heterocycles. The predicted molar refractivity (Wildman–Crippen MR) is 114 cm³/mol. The van der Waals surface area contributed by atoms with E-state index in [1.54, 1.807) is 4.67 Å². The van der Waals surface area contributed by atoms with Crippen molar-refractivity contribution >= 4 is 25.2 Å². The van der Waals surface area contributed by atoms with Crippen LogP contribution < -0.4 is 14.5 Å². The zero-order chi connectivity index (χ0) is 23.7. The van der Waals surface area contributed by atoms with Gasteiger partial charge in [0.15, 0.2) is 17.7 Å². The molecule has 34 heavy (non-hydrogen) atoms. The molecule has 0 N–H and O–H groups in total. The summed E-state index contributed by atoms with van der Waals surface area (Å²) in [5.74, 6) is -1.38. The van der Waals surface area contributed by atoms with Crippen molar-refractivity contribution in [3.8, 4) is 5.88 Å². The maximum Gasteiger partial charge on any atom is 0.414 e. The van der Waals surface area contributed by atoms with Gasteiger partial charge in [0.05, 0.1) is 25.4 Å². The molecule has 3 aliphatic rings. The number of amides is 1. The number of anilines is 2. The van der Waals surface area contributed by atoms with Crippen molar-refractivity contribution in [2.45, 2.75) is 12.5 Å². The average molecular weight is 500 g/mol. The molecule has 0 spiro atoms. The van der Waals surface area contributed by atoms with Gasteiger partial charge in [-0.2, -0.15) is 0 Å². The summed E-state index contributed by atoms with van der Waals surface area (Å²) in [6, 6.07) is 3.70. The Morgan fingerprint density at radius 3 is 2.47 bits per heavy atom. The number of carbonyl (C=O) groups excluding carboxylic acids is 1. The van der Waals surface area contributed by atoms with Crippen LogP contribution in [0.25, 0.3) is 0 Å². The minimum atomic E-state index is -3.35. The highest BCUT2D eigenvalue weighted by atomic mass is 31.2. The van der Waals surface area contributed by atoms with E-state index >= 15 is 8.78 Å². The summed E-state index contributed by atoms with van der Waals surface area (Å²) in [6.45, 7) is 1.78. The molecule has 1 amide bonds. The molecular formula is C20H23F2N4O7P. The number of nitrogens with zero attached hydrogens (tertiary/aromatic N) is 4. The number of hydrogen-bond donors (Lipinski definition) is 0. The number of ether oxygens (including phenoxy) is 2. The van der Waals surface area contributed by atoms with Gasteiger partial charge in [0.1, 0.15) is 18.6 Å². The fourth-order valence-electron chi connectivity index (χ4n) is 4.07. The molecule has 14 heteroatoms. The minimum Gasteiger partial charge on any atom is -0.471 e. The molecule has 11 nitrogen and oxygen atoms in total. The minimum absolute atomic E-state index is 0.0133. The van der Waals surface area contributed by atoms with Crippen molar-refractivity contribution in [1.29, 1.82) is 0 Å². The highest BCUT2D eigenvalue weighted by molar-refractivity contribution is 7.51. The maximum atomic E-state index is 15.0. The van der Waals surface area contributed by atoms with Gasteiger partial charge in [-0.3, -0.25) is 13.9 Å². The summed E-state index contributed by atoms with van der Waals surface area (Å²) in [6.07, 6.45) is 0.640. The van der Waals surface area contributed by atoms with Crippen molar-refractivity contribution in [2.75, 3.05) is 62.3 Å². The highest BCUT2D eigenvalue weighted by Gasteiger charge is 2.39. The molecule has 4 heterocycles. The number of benzene rings is 1. The average Bonchev–Trinajstić information content (AvgIpc) is 3.47. The van der Waals surface area contributed by atoms with E-state index in [9.17, 15) is 9.36 Å². The number of piperazine rings is 1. The zero-order valence-corrected chi connectivity index (χ0v) is 19.0. The second-order valence-electron chi connectivity index (χ2n) is 7.95. The number of cyclic esters (lactones) is 1. The molecule has 0 radical (unpaired) electrons. The Hall–Kier alpha value is -2.73.